The summed E-state index contributed by atoms with van der Waals surface area (Å²) in [5.74, 6) is -0.840. The van der Waals surface area contributed by atoms with Gasteiger partial charge in [-0.3, -0.25) is 19.7 Å². The summed E-state index contributed by atoms with van der Waals surface area (Å²) in [6.45, 7) is 4.61. The number of nitrogens with one attached hydrogen (secondary N) is 3. The molecule has 1 aromatic rings. The standard InChI is InChI=1S/C21H28N4O4/c1-13(21(29)6-8-22-9-7-21)23-11-14-2-3-16-15(10-14)12-25(20(16)28)17-4-5-18(26)24-19(17)27/h2-3,10,13,17,22-23,29H,4-9,11-12H2,1H3,(H,24,26,27). The molecule has 0 aromatic heterocycles. The maximum absolute atomic E-state index is 12.8. The van der Waals surface area contributed by atoms with Gasteiger partial charge in [0.15, 0.2) is 0 Å². The second-order valence-corrected chi connectivity index (χ2v) is 8.35. The van der Waals surface area contributed by atoms with Crippen molar-refractivity contribution >= 4 is 17.7 Å². The minimum absolute atomic E-state index is 0.0422. The zero-order chi connectivity index (χ0) is 20.6. The number of rotatable bonds is 5. The third-order valence-corrected chi connectivity index (χ3v) is 6.48. The Kier molecular flexibility index (Phi) is 5.42. The molecule has 2 atom stereocenters. The van der Waals surface area contributed by atoms with Crippen LogP contribution < -0.4 is 16.0 Å². The Morgan fingerprint density at radius 2 is 2.03 bits per heavy atom. The van der Waals surface area contributed by atoms with Crippen molar-refractivity contribution < 1.29 is 19.5 Å². The van der Waals surface area contributed by atoms with Crippen molar-refractivity contribution in [2.45, 2.75) is 63.4 Å². The Balaban J connectivity index is 1.41. The van der Waals surface area contributed by atoms with Crippen LogP contribution in [0.1, 0.15) is 54.1 Å². The van der Waals surface area contributed by atoms with Gasteiger partial charge >= 0.3 is 0 Å². The topological polar surface area (TPSA) is 111 Å². The molecule has 29 heavy (non-hydrogen) atoms. The van der Waals surface area contributed by atoms with Crippen LogP contribution in [0.4, 0.5) is 0 Å². The number of benzene rings is 1. The average molecular weight is 400 g/mol. The highest BCUT2D eigenvalue weighted by Crippen LogP contribution is 2.28. The zero-order valence-corrected chi connectivity index (χ0v) is 16.7. The molecule has 3 aliphatic heterocycles. The van der Waals surface area contributed by atoms with Gasteiger partial charge in [-0.15, -0.1) is 0 Å². The lowest BCUT2D eigenvalue weighted by Crippen LogP contribution is -2.54. The van der Waals surface area contributed by atoms with Crippen molar-refractivity contribution in [2.24, 2.45) is 0 Å². The van der Waals surface area contributed by atoms with Crippen LogP contribution in [0.15, 0.2) is 18.2 Å². The maximum atomic E-state index is 12.8. The van der Waals surface area contributed by atoms with E-state index in [9.17, 15) is 19.5 Å². The smallest absolute Gasteiger partial charge is 0.255 e. The van der Waals surface area contributed by atoms with Gasteiger partial charge in [-0.2, -0.15) is 0 Å². The van der Waals surface area contributed by atoms with Crippen LogP contribution >= 0.6 is 0 Å². The van der Waals surface area contributed by atoms with Gasteiger partial charge in [0.1, 0.15) is 6.04 Å². The van der Waals surface area contributed by atoms with Crippen molar-refractivity contribution in [2.75, 3.05) is 13.1 Å². The average Bonchev–Trinajstić information content (AvgIpc) is 3.02. The number of aliphatic hydroxyl groups is 1. The number of amides is 3. The molecule has 3 amide bonds. The maximum Gasteiger partial charge on any atom is 0.255 e. The van der Waals surface area contributed by atoms with Gasteiger partial charge < -0.3 is 20.6 Å². The van der Waals surface area contributed by atoms with Crippen molar-refractivity contribution in [1.82, 2.24) is 20.9 Å². The van der Waals surface area contributed by atoms with E-state index < -0.39 is 17.6 Å². The first kappa shape index (κ1) is 20.0. The summed E-state index contributed by atoms with van der Waals surface area (Å²) in [7, 11) is 0. The largest absolute Gasteiger partial charge is 0.388 e. The normalized spacial score (nSPS) is 25.0. The van der Waals surface area contributed by atoms with E-state index in [0.29, 0.717) is 25.1 Å². The van der Waals surface area contributed by atoms with Gasteiger partial charge in [0.05, 0.1) is 5.60 Å². The Morgan fingerprint density at radius 3 is 2.76 bits per heavy atom. The molecule has 8 heteroatoms. The molecule has 0 radical (unpaired) electrons. The predicted molar refractivity (Wildman–Crippen MR) is 106 cm³/mol. The molecule has 0 aliphatic carbocycles. The van der Waals surface area contributed by atoms with Crippen LogP contribution in [0.25, 0.3) is 0 Å². The van der Waals surface area contributed by atoms with E-state index in [1.54, 1.807) is 4.90 Å². The SMILES string of the molecule is CC(NCc1ccc2c(c1)CN(C1CCC(=O)NC1=O)C2=O)C1(O)CCNCC1. The molecule has 8 nitrogen and oxygen atoms in total. The molecule has 2 saturated heterocycles. The van der Waals surface area contributed by atoms with Crippen molar-refractivity contribution in [1.29, 1.82) is 0 Å². The van der Waals surface area contributed by atoms with Crippen LogP contribution in [0.2, 0.25) is 0 Å². The Morgan fingerprint density at radius 1 is 1.28 bits per heavy atom. The van der Waals surface area contributed by atoms with Gasteiger partial charge in [0.25, 0.3) is 5.91 Å². The van der Waals surface area contributed by atoms with Gasteiger partial charge in [-0.1, -0.05) is 12.1 Å². The lowest BCUT2D eigenvalue weighted by Gasteiger charge is -2.38. The number of carbonyl (C=O) groups is 3. The molecule has 0 spiro atoms. The van der Waals surface area contributed by atoms with Gasteiger partial charge in [0.2, 0.25) is 11.8 Å². The van der Waals surface area contributed by atoms with Crippen molar-refractivity contribution in [3.63, 3.8) is 0 Å². The lowest BCUT2D eigenvalue weighted by atomic mass is 9.85. The first-order chi connectivity index (χ1) is 13.9. The molecule has 0 saturated carbocycles. The van der Waals surface area contributed by atoms with E-state index in [1.807, 2.05) is 25.1 Å². The number of imide groups is 1. The van der Waals surface area contributed by atoms with Gasteiger partial charge in [0, 0.05) is 31.1 Å². The first-order valence-electron chi connectivity index (χ1n) is 10.3. The quantitative estimate of drug-likeness (QED) is 0.520. The number of fused-ring (bicyclic) bond motifs is 1. The Labute approximate surface area is 170 Å². The van der Waals surface area contributed by atoms with E-state index in [-0.39, 0.29) is 24.3 Å². The van der Waals surface area contributed by atoms with Crippen LogP contribution in [0.5, 0.6) is 0 Å². The molecule has 4 N–H and O–H groups in total. The highest BCUT2D eigenvalue weighted by Gasteiger charge is 2.39. The van der Waals surface area contributed by atoms with E-state index >= 15 is 0 Å². The van der Waals surface area contributed by atoms with Crippen molar-refractivity contribution in [3.8, 4) is 0 Å². The van der Waals surface area contributed by atoms with Crippen LogP contribution in [-0.4, -0.2) is 58.5 Å². The highest BCUT2D eigenvalue weighted by molar-refractivity contribution is 6.05. The van der Waals surface area contributed by atoms with Gasteiger partial charge in [-0.05, 0) is 56.5 Å². The molecule has 156 valence electrons. The fourth-order valence-corrected chi connectivity index (χ4v) is 4.49. The Bertz CT molecular complexity index is 834. The number of hydrogen-bond donors (Lipinski definition) is 4. The van der Waals surface area contributed by atoms with E-state index in [2.05, 4.69) is 16.0 Å². The van der Waals surface area contributed by atoms with Crippen molar-refractivity contribution in [3.05, 3.63) is 34.9 Å². The molecule has 0 bridgehead atoms. The van der Waals surface area contributed by atoms with Crippen LogP contribution in [0.3, 0.4) is 0 Å². The fraction of sp³-hybridized carbons (Fsp3) is 0.571. The Hall–Kier alpha value is -2.29. The third-order valence-electron chi connectivity index (χ3n) is 6.48. The molecule has 2 fully saturated rings. The van der Waals surface area contributed by atoms with Crippen LogP contribution in [-0.2, 0) is 22.7 Å². The molecular formula is C21H28N4O4. The first-order valence-corrected chi connectivity index (χ1v) is 10.3. The van der Waals surface area contributed by atoms with Gasteiger partial charge in [-0.25, -0.2) is 0 Å². The summed E-state index contributed by atoms with van der Waals surface area (Å²) in [6, 6.07) is 5.08. The van der Waals surface area contributed by atoms with E-state index in [4.69, 9.17) is 0 Å². The number of hydrogen-bond acceptors (Lipinski definition) is 6. The second-order valence-electron chi connectivity index (χ2n) is 8.35. The number of nitrogens with zero attached hydrogens (tertiary/aromatic N) is 1. The molecule has 3 aliphatic rings. The fourth-order valence-electron chi connectivity index (χ4n) is 4.49. The summed E-state index contributed by atoms with van der Waals surface area (Å²) in [4.78, 5) is 37.8. The summed E-state index contributed by atoms with van der Waals surface area (Å²) in [5.41, 5.74) is 1.84. The summed E-state index contributed by atoms with van der Waals surface area (Å²) in [5, 5.41) is 19.8. The summed E-state index contributed by atoms with van der Waals surface area (Å²) >= 11 is 0. The van der Waals surface area contributed by atoms with Crippen LogP contribution in [0, 0.1) is 0 Å². The monoisotopic (exact) mass is 400 g/mol. The summed E-state index contributed by atoms with van der Waals surface area (Å²) in [6.07, 6.45) is 2.06. The minimum Gasteiger partial charge on any atom is -0.388 e. The number of carbonyl (C=O) groups excluding carboxylic acids is 3. The lowest BCUT2D eigenvalue weighted by molar-refractivity contribution is -0.136. The zero-order valence-electron chi connectivity index (χ0n) is 16.7. The molecular weight excluding hydrogens is 372 g/mol. The summed E-state index contributed by atoms with van der Waals surface area (Å²) < 4.78 is 0. The van der Waals surface area contributed by atoms with E-state index in [0.717, 1.165) is 37.1 Å². The minimum atomic E-state index is -0.708. The second kappa shape index (κ2) is 7.85. The highest BCUT2D eigenvalue weighted by atomic mass is 16.3. The third kappa shape index (κ3) is 3.92. The molecule has 2 unspecified atom stereocenters. The van der Waals surface area contributed by atoms with E-state index in [1.165, 1.54) is 0 Å². The number of piperidine rings is 2. The molecule has 4 rings (SSSR count). The molecule has 1 aromatic carbocycles. The molecule has 3 heterocycles. The predicted octanol–water partition coefficient (Wildman–Crippen LogP) is 0.0402.